The number of piperidine rings is 1. The highest BCUT2D eigenvalue weighted by molar-refractivity contribution is 5.48. The van der Waals surface area contributed by atoms with Gasteiger partial charge in [0.2, 0.25) is 0 Å². The van der Waals surface area contributed by atoms with Crippen molar-refractivity contribution in [3.05, 3.63) is 42.6 Å². The number of nitrogens with one attached hydrogen (secondary N) is 1. The second-order valence-corrected chi connectivity index (χ2v) is 8.24. The van der Waals surface area contributed by atoms with Gasteiger partial charge in [-0.05, 0) is 56.7 Å². The van der Waals surface area contributed by atoms with E-state index < -0.39 is 0 Å². The van der Waals surface area contributed by atoms with E-state index in [9.17, 15) is 0 Å². The van der Waals surface area contributed by atoms with Crippen LogP contribution in [-0.4, -0.2) is 37.3 Å². The van der Waals surface area contributed by atoms with Crippen molar-refractivity contribution in [3.8, 4) is 5.75 Å². The average molecular weight is 384 g/mol. The summed E-state index contributed by atoms with van der Waals surface area (Å²) in [6.45, 7) is 4.10. The summed E-state index contributed by atoms with van der Waals surface area (Å²) in [6.07, 6.45) is 15.5. The normalized spacial score (nSPS) is 20.6. The fraction of sp³-hybridized carbons (Fsp3) is 0.609. The van der Waals surface area contributed by atoms with Gasteiger partial charge in [0, 0.05) is 31.6 Å². The highest BCUT2D eigenvalue weighted by Crippen LogP contribution is 2.28. The van der Waals surface area contributed by atoms with Crippen LogP contribution in [-0.2, 0) is 6.42 Å². The minimum Gasteiger partial charge on any atom is -0.490 e. The summed E-state index contributed by atoms with van der Waals surface area (Å²) in [4.78, 5) is 6.88. The maximum atomic E-state index is 5.98. The topological polar surface area (TPSA) is 50.5 Å². The fourth-order valence-corrected chi connectivity index (χ4v) is 4.42. The summed E-state index contributed by atoms with van der Waals surface area (Å²) >= 11 is 0. The molecule has 0 spiro atoms. The van der Waals surface area contributed by atoms with E-state index >= 15 is 0 Å². The maximum Gasteiger partial charge on any atom is 0.139 e. The monoisotopic (exact) mass is 383 g/mol. The van der Waals surface area contributed by atoms with E-state index in [1.54, 1.807) is 6.26 Å². The van der Waals surface area contributed by atoms with Crippen LogP contribution < -0.4 is 15.0 Å². The summed E-state index contributed by atoms with van der Waals surface area (Å²) in [6, 6.07) is 6.71. The zero-order chi connectivity index (χ0) is 19.0. The third-order valence-corrected chi connectivity index (χ3v) is 6.16. The van der Waals surface area contributed by atoms with Crippen LogP contribution in [0.4, 0.5) is 5.69 Å². The first-order valence-corrected chi connectivity index (χ1v) is 11.0. The number of pyridine rings is 1. The fourth-order valence-electron chi connectivity index (χ4n) is 4.42. The van der Waals surface area contributed by atoms with Gasteiger partial charge in [-0.3, -0.25) is 4.98 Å². The standard InChI is InChI=1S/C23H33N3O2/c1(2-7-22-8-4-14-27-22)5-19-9-12-26(13-10-19)21-15-23(17-24-16-21)28-18-20-6-3-11-25-20/h4,8,14-17,19-20,25H,1-3,5-7,9-13,18H2/t20-/m0/s1. The number of aromatic nitrogens is 1. The smallest absolute Gasteiger partial charge is 0.139 e. The van der Waals surface area contributed by atoms with Gasteiger partial charge in [-0.15, -0.1) is 0 Å². The highest BCUT2D eigenvalue weighted by atomic mass is 16.5. The number of aryl methyl sites for hydroxylation is 1. The van der Waals surface area contributed by atoms with Crippen molar-refractivity contribution < 1.29 is 9.15 Å². The van der Waals surface area contributed by atoms with Crippen LogP contribution in [0.25, 0.3) is 0 Å². The Balaban J connectivity index is 1.17. The van der Waals surface area contributed by atoms with E-state index in [1.165, 1.54) is 50.6 Å². The van der Waals surface area contributed by atoms with E-state index in [-0.39, 0.29) is 0 Å². The van der Waals surface area contributed by atoms with Gasteiger partial charge in [-0.2, -0.15) is 0 Å². The Kier molecular flexibility index (Phi) is 6.87. The molecule has 0 aromatic carbocycles. The lowest BCUT2D eigenvalue weighted by atomic mass is 9.91. The molecule has 0 amide bonds. The third-order valence-electron chi connectivity index (χ3n) is 6.16. The first kappa shape index (κ1) is 19.3. The summed E-state index contributed by atoms with van der Waals surface area (Å²) in [5.41, 5.74) is 1.20. The van der Waals surface area contributed by atoms with E-state index in [0.29, 0.717) is 6.04 Å². The van der Waals surface area contributed by atoms with Gasteiger partial charge in [0.1, 0.15) is 18.1 Å². The van der Waals surface area contributed by atoms with Crippen molar-refractivity contribution >= 4 is 5.69 Å². The molecular formula is C23H33N3O2. The Morgan fingerprint density at radius 2 is 2.11 bits per heavy atom. The summed E-state index contributed by atoms with van der Waals surface area (Å²) in [7, 11) is 0. The SMILES string of the molecule is c1coc(CCCCC2CCN(c3cncc(OC[C@@H]4CCCN4)c3)CC2)c1. The molecule has 2 aliphatic heterocycles. The Bertz CT molecular complexity index is 690. The highest BCUT2D eigenvalue weighted by Gasteiger charge is 2.20. The minimum atomic E-state index is 0.493. The van der Waals surface area contributed by atoms with Gasteiger partial charge >= 0.3 is 0 Å². The van der Waals surface area contributed by atoms with Gasteiger partial charge in [0.25, 0.3) is 0 Å². The van der Waals surface area contributed by atoms with Crippen molar-refractivity contribution in [2.24, 2.45) is 5.92 Å². The number of unbranched alkanes of at least 4 members (excludes halogenated alkanes) is 1. The van der Waals surface area contributed by atoms with Crippen molar-refractivity contribution in [2.75, 3.05) is 31.1 Å². The van der Waals surface area contributed by atoms with Crippen LogP contribution >= 0.6 is 0 Å². The molecule has 5 nitrogen and oxygen atoms in total. The van der Waals surface area contributed by atoms with Crippen LogP contribution in [0.5, 0.6) is 5.75 Å². The average Bonchev–Trinajstić information content (AvgIpc) is 3.45. The number of nitrogens with zero attached hydrogens (tertiary/aromatic N) is 2. The molecule has 2 aromatic heterocycles. The van der Waals surface area contributed by atoms with Gasteiger partial charge in [0.05, 0.1) is 24.3 Å². The summed E-state index contributed by atoms with van der Waals surface area (Å²) in [5.74, 6) is 2.87. The van der Waals surface area contributed by atoms with Gasteiger partial charge in [-0.1, -0.05) is 12.8 Å². The molecule has 1 N–H and O–H groups in total. The van der Waals surface area contributed by atoms with E-state index in [0.717, 1.165) is 50.1 Å². The van der Waals surface area contributed by atoms with E-state index in [2.05, 4.69) is 27.3 Å². The van der Waals surface area contributed by atoms with Crippen LogP contribution in [0.3, 0.4) is 0 Å². The molecule has 2 aliphatic rings. The molecule has 0 bridgehead atoms. The predicted octanol–water partition coefficient (Wildman–Crippen LogP) is 4.43. The third kappa shape index (κ3) is 5.51. The van der Waals surface area contributed by atoms with Crippen LogP contribution in [0.15, 0.2) is 41.3 Å². The predicted molar refractivity (Wildman–Crippen MR) is 112 cm³/mol. The molecule has 4 rings (SSSR count). The molecule has 2 aromatic rings. The Morgan fingerprint density at radius 3 is 2.89 bits per heavy atom. The summed E-state index contributed by atoms with van der Waals surface area (Å²) in [5, 5.41) is 3.48. The lowest BCUT2D eigenvalue weighted by Crippen LogP contribution is -2.33. The van der Waals surface area contributed by atoms with Crippen LogP contribution in [0.2, 0.25) is 0 Å². The first-order chi connectivity index (χ1) is 13.9. The number of hydrogen-bond donors (Lipinski definition) is 1. The van der Waals surface area contributed by atoms with Gasteiger partial charge in [-0.25, -0.2) is 0 Å². The van der Waals surface area contributed by atoms with Crippen molar-refractivity contribution in [1.29, 1.82) is 0 Å². The molecule has 2 fully saturated rings. The zero-order valence-corrected chi connectivity index (χ0v) is 16.8. The Morgan fingerprint density at radius 1 is 1.18 bits per heavy atom. The maximum absolute atomic E-state index is 5.98. The molecule has 28 heavy (non-hydrogen) atoms. The van der Waals surface area contributed by atoms with Gasteiger partial charge < -0.3 is 19.4 Å². The summed E-state index contributed by atoms with van der Waals surface area (Å²) < 4.78 is 11.4. The number of anilines is 1. The Hall–Kier alpha value is -2.01. The first-order valence-electron chi connectivity index (χ1n) is 11.0. The molecule has 0 saturated carbocycles. The van der Waals surface area contributed by atoms with Crippen LogP contribution in [0, 0.1) is 5.92 Å². The largest absolute Gasteiger partial charge is 0.490 e. The molecule has 4 heterocycles. The minimum absolute atomic E-state index is 0.493. The molecule has 152 valence electrons. The molecule has 0 radical (unpaired) electrons. The molecular weight excluding hydrogens is 350 g/mol. The van der Waals surface area contributed by atoms with Crippen LogP contribution in [0.1, 0.15) is 50.7 Å². The van der Waals surface area contributed by atoms with Crippen molar-refractivity contribution in [1.82, 2.24) is 10.3 Å². The van der Waals surface area contributed by atoms with Crippen molar-refractivity contribution in [3.63, 3.8) is 0 Å². The zero-order valence-electron chi connectivity index (χ0n) is 16.8. The number of rotatable bonds is 9. The molecule has 2 saturated heterocycles. The second-order valence-electron chi connectivity index (χ2n) is 8.24. The molecule has 1 atom stereocenters. The molecule has 5 heteroatoms. The van der Waals surface area contributed by atoms with E-state index in [1.807, 2.05) is 18.5 Å². The lowest BCUT2D eigenvalue weighted by Gasteiger charge is -2.33. The number of ether oxygens (including phenoxy) is 1. The molecule has 0 aliphatic carbocycles. The van der Waals surface area contributed by atoms with Crippen molar-refractivity contribution in [2.45, 2.75) is 57.4 Å². The van der Waals surface area contributed by atoms with E-state index in [4.69, 9.17) is 9.15 Å². The second kappa shape index (κ2) is 9.97. The quantitative estimate of drug-likeness (QED) is 0.649. The lowest BCUT2D eigenvalue weighted by molar-refractivity contribution is 0.276. The number of furan rings is 1. The van der Waals surface area contributed by atoms with Gasteiger partial charge in [0.15, 0.2) is 0 Å². The molecule has 0 unspecified atom stereocenters. The Labute approximate surface area is 168 Å². The number of hydrogen-bond acceptors (Lipinski definition) is 5.